The lowest BCUT2D eigenvalue weighted by Gasteiger charge is -2.05. The van der Waals surface area contributed by atoms with Gasteiger partial charge in [-0.3, -0.25) is 4.79 Å². The number of carbonyl (C=O) groups excluding carboxylic acids is 1. The number of aryl methyl sites for hydroxylation is 2. The van der Waals surface area contributed by atoms with Crippen molar-refractivity contribution in [3.05, 3.63) is 23.0 Å². The number of aliphatic hydroxyl groups is 2. The largest absolute Gasteiger partial charge is 0.394 e. The number of aromatic amines is 1. The number of aromatic nitrogens is 1. The zero-order valence-corrected chi connectivity index (χ0v) is 10.3. The van der Waals surface area contributed by atoms with Crippen molar-refractivity contribution in [2.24, 2.45) is 0 Å². The predicted molar refractivity (Wildman–Crippen MR) is 65.0 cm³/mol. The molecule has 0 aliphatic rings. The second-order valence-electron chi connectivity index (χ2n) is 3.77. The summed E-state index contributed by atoms with van der Waals surface area (Å²) < 4.78 is 0. The molecular formula is C11H17NO3S. The number of ketones is 1. The fraction of sp³-hybridized carbons (Fsp3) is 0.545. The standard InChI is InChI=1S/C11H17NO3S/c1-7-3-10(8(2)12-7)11(15)6-16-5-9(14)4-13/h3,9,12-14H,4-6H2,1-2H3. The van der Waals surface area contributed by atoms with Crippen LogP contribution >= 0.6 is 11.8 Å². The number of hydrogen-bond acceptors (Lipinski definition) is 4. The Morgan fingerprint density at radius 2 is 2.25 bits per heavy atom. The molecule has 0 bridgehead atoms. The fourth-order valence-electron chi connectivity index (χ4n) is 1.43. The minimum atomic E-state index is -0.744. The molecule has 1 aromatic rings. The first-order valence-electron chi connectivity index (χ1n) is 5.10. The highest BCUT2D eigenvalue weighted by Gasteiger charge is 2.12. The lowest BCUT2D eigenvalue weighted by molar-refractivity contribution is 0.102. The van der Waals surface area contributed by atoms with E-state index in [4.69, 9.17) is 10.2 Å². The second-order valence-corrected chi connectivity index (χ2v) is 4.80. The van der Waals surface area contributed by atoms with Crippen LogP contribution in [-0.4, -0.2) is 45.2 Å². The van der Waals surface area contributed by atoms with Crippen LogP contribution in [0.25, 0.3) is 0 Å². The van der Waals surface area contributed by atoms with E-state index in [1.165, 1.54) is 11.8 Å². The van der Waals surface area contributed by atoms with Crippen molar-refractivity contribution >= 4 is 17.5 Å². The molecule has 3 N–H and O–H groups in total. The average molecular weight is 243 g/mol. The lowest BCUT2D eigenvalue weighted by Crippen LogP contribution is -2.16. The van der Waals surface area contributed by atoms with Crippen LogP contribution in [0.4, 0.5) is 0 Å². The molecule has 1 atom stereocenters. The van der Waals surface area contributed by atoms with Gasteiger partial charge in [-0.15, -0.1) is 0 Å². The zero-order chi connectivity index (χ0) is 12.1. The molecule has 0 saturated carbocycles. The smallest absolute Gasteiger partial charge is 0.174 e. The second kappa shape index (κ2) is 6.08. The summed E-state index contributed by atoms with van der Waals surface area (Å²) in [6, 6.07) is 1.83. The predicted octanol–water partition coefficient (Wildman–Crippen LogP) is 0.901. The number of H-pyrrole nitrogens is 1. The number of rotatable bonds is 6. The molecular weight excluding hydrogens is 226 g/mol. The molecule has 0 spiro atoms. The van der Waals surface area contributed by atoms with Gasteiger partial charge in [0.15, 0.2) is 5.78 Å². The fourth-order valence-corrected chi connectivity index (χ4v) is 2.27. The van der Waals surface area contributed by atoms with Crippen molar-refractivity contribution in [1.82, 2.24) is 4.98 Å². The summed E-state index contributed by atoms with van der Waals surface area (Å²) in [5, 5.41) is 17.7. The molecule has 90 valence electrons. The van der Waals surface area contributed by atoms with Gasteiger partial charge in [-0.2, -0.15) is 11.8 Å². The summed E-state index contributed by atoms with van der Waals surface area (Å²) in [6.45, 7) is 3.52. The van der Waals surface area contributed by atoms with Gasteiger partial charge in [0.25, 0.3) is 0 Å². The third-order valence-electron chi connectivity index (χ3n) is 2.20. The number of aliphatic hydroxyl groups excluding tert-OH is 2. The van der Waals surface area contributed by atoms with Gasteiger partial charge in [0, 0.05) is 22.7 Å². The minimum Gasteiger partial charge on any atom is -0.394 e. The quantitative estimate of drug-likeness (QED) is 0.649. The molecule has 0 fully saturated rings. The maximum Gasteiger partial charge on any atom is 0.174 e. The summed E-state index contributed by atoms with van der Waals surface area (Å²) >= 11 is 1.33. The Bertz CT molecular complexity index is 362. The van der Waals surface area contributed by atoms with Gasteiger partial charge in [-0.25, -0.2) is 0 Å². The lowest BCUT2D eigenvalue weighted by atomic mass is 10.2. The van der Waals surface area contributed by atoms with Crippen LogP contribution in [0.3, 0.4) is 0 Å². The van der Waals surface area contributed by atoms with Crippen molar-refractivity contribution < 1.29 is 15.0 Å². The van der Waals surface area contributed by atoms with E-state index < -0.39 is 6.10 Å². The van der Waals surface area contributed by atoms with Crippen LogP contribution in [0.2, 0.25) is 0 Å². The van der Waals surface area contributed by atoms with Crippen LogP contribution < -0.4 is 0 Å². The Kier molecular flexibility index (Phi) is 5.05. The van der Waals surface area contributed by atoms with Crippen LogP contribution in [0.15, 0.2) is 6.07 Å². The molecule has 0 saturated heterocycles. The van der Waals surface area contributed by atoms with Gasteiger partial charge < -0.3 is 15.2 Å². The van der Waals surface area contributed by atoms with Gasteiger partial charge in [0.05, 0.1) is 18.5 Å². The topological polar surface area (TPSA) is 73.3 Å². The molecule has 5 heteroatoms. The van der Waals surface area contributed by atoms with Crippen LogP contribution in [0, 0.1) is 13.8 Å². The van der Waals surface area contributed by atoms with E-state index in [0.717, 1.165) is 11.4 Å². The number of nitrogens with one attached hydrogen (secondary N) is 1. The van der Waals surface area contributed by atoms with Crippen molar-refractivity contribution in [3.8, 4) is 0 Å². The van der Waals surface area contributed by atoms with Crippen molar-refractivity contribution in [2.75, 3.05) is 18.1 Å². The molecule has 0 aliphatic heterocycles. The first-order valence-corrected chi connectivity index (χ1v) is 6.26. The highest BCUT2D eigenvalue weighted by molar-refractivity contribution is 8.00. The number of Topliss-reactive ketones (excluding diaryl/α,β-unsaturated/α-hetero) is 1. The monoisotopic (exact) mass is 243 g/mol. The van der Waals surface area contributed by atoms with E-state index in [-0.39, 0.29) is 12.4 Å². The van der Waals surface area contributed by atoms with E-state index in [1.807, 2.05) is 19.9 Å². The van der Waals surface area contributed by atoms with Gasteiger partial charge in [0.2, 0.25) is 0 Å². The van der Waals surface area contributed by atoms with Crippen molar-refractivity contribution in [1.29, 1.82) is 0 Å². The number of thioether (sulfide) groups is 1. The summed E-state index contributed by atoms with van der Waals surface area (Å²) in [7, 11) is 0. The molecule has 0 aliphatic carbocycles. The molecule has 0 radical (unpaired) electrons. The molecule has 1 heterocycles. The van der Waals surface area contributed by atoms with Gasteiger partial charge in [-0.1, -0.05) is 0 Å². The first-order chi connectivity index (χ1) is 7.54. The maximum atomic E-state index is 11.8. The molecule has 1 aromatic heterocycles. The Morgan fingerprint density at radius 3 is 2.75 bits per heavy atom. The highest BCUT2D eigenvalue weighted by atomic mass is 32.2. The van der Waals surface area contributed by atoms with Crippen LogP contribution in [0.5, 0.6) is 0 Å². The molecule has 1 rings (SSSR count). The van der Waals surface area contributed by atoms with E-state index in [0.29, 0.717) is 17.1 Å². The Morgan fingerprint density at radius 1 is 1.56 bits per heavy atom. The molecule has 16 heavy (non-hydrogen) atoms. The summed E-state index contributed by atoms with van der Waals surface area (Å²) in [4.78, 5) is 14.8. The normalized spacial score (nSPS) is 12.8. The van der Waals surface area contributed by atoms with Gasteiger partial charge in [-0.05, 0) is 19.9 Å². The molecule has 4 nitrogen and oxygen atoms in total. The molecule has 0 aromatic carbocycles. The first kappa shape index (κ1) is 13.3. The number of carbonyl (C=O) groups is 1. The van der Waals surface area contributed by atoms with E-state index in [9.17, 15) is 4.79 Å². The number of hydrogen-bond donors (Lipinski definition) is 3. The average Bonchev–Trinajstić information content (AvgIpc) is 2.57. The summed E-state index contributed by atoms with van der Waals surface area (Å²) in [6.07, 6.45) is -0.744. The molecule has 0 amide bonds. The van der Waals surface area contributed by atoms with E-state index in [1.54, 1.807) is 0 Å². The molecule has 1 unspecified atom stereocenters. The minimum absolute atomic E-state index is 0.0528. The van der Waals surface area contributed by atoms with Gasteiger partial charge in [0.1, 0.15) is 0 Å². The SMILES string of the molecule is Cc1cc(C(=O)CSCC(O)CO)c(C)[nH]1. The highest BCUT2D eigenvalue weighted by Crippen LogP contribution is 2.13. The van der Waals surface area contributed by atoms with Gasteiger partial charge >= 0.3 is 0 Å². The van der Waals surface area contributed by atoms with Crippen LogP contribution in [-0.2, 0) is 0 Å². The third kappa shape index (κ3) is 3.66. The third-order valence-corrected chi connectivity index (χ3v) is 3.29. The summed E-state index contributed by atoms with van der Waals surface area (Å²) in [5.41, 5.74) is 2.57. The summed E-state index contributed by atoms with van der Waals surface area (Å²) in [5.74, 6) is 0.761. The maximum absolute atomic E-state index is 11.8. The van der Waals surface area contributed by atoms with E-state index >= 15 is 0 Å². The zero-order valence-electron chi connectivity index (χ0n) is 9.49. The Hall–Kier alpha value is -0.780. The van der Waals surface area contributed by atoms with E-state index in [2.05, 4.69) is 4.98 Å². The Balaban J connectivity index is 2.44. The van der Waals surface area contributed by atoms with Crippen molar-refractivity contribution in [3.63, 3.8) is 0 Å². The van der Waals surface area contributed by atoms with Crippen molar-refractivity contribution in [2.45, 2.75) is 20.0 Å². The Labute approximate surface area is 99.1 Å². The van der Waals surface area contributed by atoms with Crippen LogP contribution in [0.1, 0.15) is 21.7 Å².